The second kappa shape index (κ2) is 7.29. The van der Waals surface area contributed by atoms with Gasteiger partial charge in [0.2, 0.25) is 0 Å². The molecule has 134 valence electrons. The molecule has 0 aliphatic carbocycles. The maximum atomic E-state index is 11.8. The van der Waals surface area contributed by atoms with Crippen LogP contribution in [0.1, 0.15) is 13.3 Å². The number of likely N-dealkylation sites (tertiary alicyclic amines) is 1. The topological polar surface area (TPSA) is 75.9 Å². The monoisotopic (exact) mass is 353 g/mol. The molecule has 2 aliphatic rings. The number of ether oxygens (including phenoxy) is 1. The minimum atomic E-state index is -3.01. The predicted octanol–water partition coefficient (Wildman–Crippen LogP) is 0.722. The van der Waals surface area contributed by atoms with Gasteiger partial charge in [0.15, 0.2) is 9.84 Å². The fourth-order valence-electron chi connectivity index (χ4n) is 3.78. The fourth-order valence-corrected chi connectivity index (χ4v) is 4.85. The van der Waals surface area contributed by atoms with Gasteiger partial charge in [0, 0.05) is 44.0 Å². The average Bonchev–Trinajstić information content (AvgIpc) is 3.14. The summed E-state index contributed by atoms with van der Waals surface area (Å²) in [6.45, 7) is 5.40. The zero-order chi connectivity index (χ0) is 17.2. The minimum absolute atomic E-state index is 0.0905. The Morgan fingerprint density at radius 3 is 2.50 bits per heavy atom. The standard InChI is InChI=1S/C17H27N3O3S/c1-2-23-17-5-3-14(4-6-17)20-13-15-11-16(20)12-19(15)8-10-24(21,22)9-7-18/h3-6,15-16H,2,7-13,18H2,1H3/t15-,16-/m0/s1. The van der Waals surface area contributed by atoms with Gasteiger partial charge < -0.3 is 15.4 Å². The third kappa shape index (κ3) is 3.84. The molecule has 2 fully saturated rings. The first kappa shape index (κ1) is 17.5. The van der Waals surface area contributed by atoms with E-state index < -0.39 is 9.84 Å². The lowest BCUT2D eigenvalue weighted by molar-refractivity contribution is 0.252. The highest BCUT2D eigenvalue weighted by Gasteiger charge is 2.43. The van der Waals surface area contributed by atoms with Crippen molar-refractivity contribution in [2.24, 2.45) is 5.73 Å². The lowest BCUT2D eigenvalue weighted by Crippen LogP contribution is -2.47. The molecule has 1 aromatic rings. The molecule has 3 rings (SSSR count). The van der Waals surface area contributed by atoms with Gasteiger partial charge in [0.1, 0.15) is 5.75 Å². The zero-order valence-corrected chi connectivity index (χ0v) is 15.0. The highest BCUT2D eigenvalue weighted by atomic mass is 32.2. The highest BCUT2D eigenvalue weighted by Crippen LogP contribution is 2.35. The summed E-state index contributed by atoms with van der Waals surface area (Å²) in [6, 6.07) is 9.19. The molecule has 24 heavy (non-hydrogen) atoms. The maximum absolute atomic E-state index is 11.8. The van der Waals surface area contributed by atoms with Crippen molar-refractivity contribution in [3.8, 4) is 5.75 Å². The van der Waals surface area contributed by atoms with Crippen molar-refractivity contribution in [1.82, 2.24) is 4.90 Å². The lowest BCUT2D eigenvalue weighted by atomic mass is 10.2. The molecule has 7 heteroatoms. The number of piperazine rings is 1. The smallest absolute Gasteiger partial charge is 0.152 e. The van der Waals surface area contributed by atoms with Gasteiger partial charge in [-0.05, 0) is 37.6 Å². The Labute approximate surface area is 144 Å². The van der Waals surface area contributed by atoms with Crippen LogP contribution in [0.3, 0.4) is 0 Å². The first-order chi connectivity index (χ1) is 11.5. The van der Waals surface area contributed by atoms with E-state index in [-0.39, 0.29) is 18.1 Å². The van der Waals surface area contributed by atoms with Gasteiger partial charge in [-0.25, -0.2) is 8.42 Å². The summed E-state index contributed by atoms with van der Waals surface area (Å²) in [6.07, 6.45) is 1.12. The largest absolute Gasteiger partial charge is 0.494 e. The molecule has 0 unspecified atom stereocenters. The van der Waals surface area contributed by atoms with Crippen molar-refractivity contribution in [1.29, 1.82) is 0 Å². The molecule has 0 amide bonds. The number of hydrogen-bond donors (Lipinski definition) is 1. The van der Waals surface area contributed by atoms with E-state index in [1.54, 1.807) is 0 Å². The normalized spacial score (nSPS) is 23.8. The molecule has 1 aromatic carbocycles. The molecule has 0 saturated carbocycles. The Morgan fingerprint density at radius 1 is 1.17 bits per heavy atom. The van der Waals surface area contributed by atoms with Gasteiger partial charge in [-0.1, -0.05) is 0 Å². The summed E-state index contributed by atoms with van der Waals surface area (Å²) in [5.74, 6) is 1.21. The summed E-state index contributed by atoms with van der Waals surface area (Å²) in [5, 5.41) is 0. The van der Waals surface area contributed by atoms with Crippen LogP contribution in [0.15, 0.2) is 24.3 Å². The Hall–Kier alpha value is -1.31. The molecule has 0 spiro atoms. The molecular weight excluding hydrogens is 326 g/mol. The number of sulfone groups is 1. The van der Waals surface area contributed by atoms with Crippen LogP contribution in [-0.4, -0.2) is 69.7 Å². The first-order valence-electron chi connectivity index (χ1n) is 8.66. The van der Waals surface area contributed by atoms with E-state index in [9.17, 15) is 8.42 Å². The van der Waals surface area contributed by atoms with Crippen LogP contribution < -0.4 is 15.4 Å². The van der Waals surface area contributed by atoms with Crippen LogP contribution in [0.25, 0.3) is 0 Å². The zero-order valence-electron chi connectivity index (χ0n) is 14.2. The predicted molar refractivity (Wildman–Crippen MR) is 96.4 cm³/mol. The van der Waals surface area contributed by atoms with E-state index in [4.69, 9.17) is 10.5 Å². The van der Waals surface area contributed by atoms with Crippen LogP contribution in [0.5, 0.6) is 5.75 Å². The van der Waals surface area contributed by atoms with Gasteiger partial charge in [0.25, 0.3) is 0 Å². The van der Waals surface area contributed by atoms with Gasteiger partial charge >= 0.3 is 0 Å². The molecule has 2 heterocycles. The first-order valence-corrected chi connectivity index (χ1v) is 10.5. The number of nitrogens with two attached hydrogens (primary N) is 1. The maximum Gasteiger partial charge on any atom is 0.152 e. The van der Waals surface area contributed by atoms with Crippen LogP contribution in [0.4, 0.5) is 5.69 Å². The molecule has 0 radical (unpaired) electrons. The highest BCUT2D eigenvalue weighted by molar-refractivity contribution is 7.91. The number of benzene rings is 1. The molecule has 2 saturated heterocycles. The number of hydrogen-bond acceptors (Lipinski definition) is 6. The summed E-state index contributed by atoms with van der Waals surface area (Å²) in [5.41, 5.74) is 6.59. The molecular formula is C17H27N3O3S. The summed E-state index contributed by atoms with van der Waals surface area (Å²) < 4.78 is 29.2. The minimum Gasteiger partial charge on any atom is -0.494 e. The Bertz CT molecular complexity index is 648. The van der Waals surface area contributed by atoms with Crippen LogP contribution in [0.2, 0.25) is 0 Å². The van der Waals surface area contributed by atoms with E-state index in [1.165, 1.54) is 5.69 Å². The molecule has 6 nitrogen and oxygen atoms in total. The Morgan fingerprint density at radius 2 is 1.92 bits per heavy atom. The quantitative estimate of drug-likeness (QED) is 0.742. The van der Waals surface area contributed by atoms with E-state index in [0.29, 0.717) is 25.2 Å². The van der Waals surface area contributed by atoms with Gasteiger partial charge in [-0.3, -0.25) is 4.90 Å². The summed E-state index contributed by atoms with van der Waals surface area (Å²) in [7, 11) is -3.01. The third-order valence-corrected chi connectivity index (χ3v) is 6.61. The van der Waals surface area contributed by atoms with Crippen molar-refractivity contribution < 1.29 is 13.2 Å². The van der Waals surface area contributed by atoms with Gasteiger partial charge in [-0.15, -0.1) is 0 Å². The number of anilines is 1. The van der Waals surface area contributed by atoms with E-state index >= 15 is 0 Å². The average molecular weight is 353 g/mol. The van der Waals surface area contributed by atoms with Crippen LogP contribution in [0, 0.1) is 0 Å². The Balaban J connectivity index is 1.55. The van der Waals surface area contributed by atoms with Crippen molar-refractivity contribution in [2.45, 2.75) is 25.4 Å². The van der Waals surface area contributed by atoms with Crippen molar-refractivity contribution in [3.05, 3.63) is 24.3 Å². The van der Waals surface area contributed by atoms with Crippen LogP contribution in [-0.2, 0) is 9.84 Å². The van der Waals surface area contributed by atoms with Crippen molar-refractivity contribution in [2.75, 3.05) is 49.2 Å². The second-order valence-corrected chi connectivity index (χ2v) is 8.86. The van der Waals surface area contributed by atoms with Crippen LogP contribution >= 0.6 is 0 Å². The summed E-state index contributed by atoms with van der Waals surface area (Å²) in [4.78, 5) is 4.76. The van der Waals surface area contributed by atoms with E-state index in [2.05, 4.69) is 21.9 Å². The van der Waals surface area contributed by atoms with Gasteiger partial charge in [-0.2, -0.15) is 0 Å². The van der Waals surface area contributed by atoms with Gasteiger partial charge in [0.05, 0.1) is 18.1 Å². The number of fused-ring (bicyclic) bond motifs is 2. The molecule has 2 atom stereocenters. The Kier molecular flexibility index (Phi) is 5.32. The second-order valence-electron chi connectivity index (χ2n) is 6.56. The molecule has 2 bridgehead atoms. The summed E-state index contributed by atoms with van der Waals surface area (Å²) >= 11 is 0. The van der Waals surface area contributed by atoms with E-state index in [0.717, 1.165) is 25.3 Å². The number of nitrogens with zero attached hydrogens (tertiary/aromatic N) is 2. The molecule has 2 aliphatic heterocycles. The number of rotatable bonds is 8. The third-order valence-electron chi connectivity index (χ3n) is 4.95. The fraction of sp³-hybridized carbons (Fsp3) is 0.647. The molecule has 2 N–H and O–H groups in total. The van der Waals surface area contributed by atoms with Crippen molar-refractivity contribution >= 4 is 15.5 Å². The van der Waals surface area contributed by atoms with Crippen molar-refractivity contribution in [3.63, 3.8) is 0 Å². The van der Waals surface area contributed by atoms with E-state index in [1.807, 2.05) is 19.1 Å². The SMILES string of the molecule is CCOc1ccc(N2C[C@@H]3C[C@H]2CN3CCS(=O)(=O)CCN)cc1. The molecule has 0 aromatic heterocycles. The lowest BCUT2D eigenvalue weighted by Gasteiger charge is -2.35.